The Hall–Kier alpha value is -1.49. The van der Waals surface area contributed by atoms with E-state index in [0.29, 0.717) is 11.5 Å². The zero-order valence-electron chi connectivity index (χ0n) is 9.15. The van der Waals surface area contributed by atoms with Gasteiger partial charge in [-0.3, -0.25) is 10.2 Å². The van der Waals surface area contributed by atoms with Crippen molar-refractivity contribution < 1.29 is 4.79 Å². The number of hydrogen-bond donors (Lipinski definition) is 2. The molecule has 16 heavy (non-hydrogen) atoms. The van der Waals surface area contributed by atoms with Gasteiger partial charge < -0.3 is 0 Å². The maximum Gasteiger partial charge on any atom is 0.268 e. The highest BCUT2D eigenvalue weighted by molar-refractivity contribution is 5.93. The minimum Gasteiger partial charge on any atom is -0.287 e. The maximum atomic E-state index is 11.6. The smallest absolute Gasteiger partial charge is 0.268 e. The van der Waals surface area contributed by atoms with Crippen molar-refractivity contribution in [1.82, 2.24) is 20.8 Å². The van der Waals surface area contributed by atoms with Gasteiger partial charge >= 0.3 is 0 Å². The number of amides is 1. The molecule has 5 nitrogen and oxygen atoms in total. The molecular weight excluding hydrogens is 204 g/mol. The second-order valence-corrected chi connectivity index (χ2v) is 4.11. The van der Waals surface area contributed by atoms with Crippen molar-refractivity contribution in [2.45, 2.75) is 25.7 Å². The lowest BCUT2D eigenvalue weighted by molar-refractivity contribution is 0.0930. The fourth-order valence-corrected chi connectivity index (χ4v) is 1.98. The zero-order chi connectivity index (χ0) is 11.2. The van der Waals surface area contributed by atoms with Crippen LogP contribution in [0.5, 0.6) is 0 Å². The van der Waals surface area contributed by atoms with E-state index < -0.39 is 0 Å². The molecule has 0 radical (unpaired) electrons. The van der Waals surface area contributed by atoms with Crippen LogP contribution in [0.2, 0.25) is 0 Å². The number of hydrogen-bond acceptors (Lipinski definition) is 4. The van der Waals surface area contributed by atoms with Crippen molar-refractivity contribution in [2.75, 3.05) is 6.54 Å². The van der Waals surface area contributed by atoms with Gasteiger partial charge in [-0.25, -0.2) is 15.4 Å². The summed E-state index contributed by atoms with van der Waals surface area (Å²) in [5, 5.41) is 0. The molecule has 0 saturated heterocycles. The number of nitrogens with zero attached hydrogens (tertiary/aromatic N) is 2. The Morgan fingerprint density at radius 1 is 1.31 bits per heavy atom. The molecule has 5 heteroatoms. The van der Waals surface area contributed by atoms with Gasteiger partial charge in [0.15, 0.2) is 0 Å². The quantitative estimate of drug-likeness (QED) is 0.740. The van der Waals surface area contributed by atoms with E-state index in [-0.39, 0.29) is 5.91 Å². The molecule has 1 amide bonds. The molecule has 0 unspecified atom stereocenters. The molecule has 1 heterocycles. The van der Waals surface area contributed by atoms with Gasteiger partial charge in [-0.2, -0.15) is 0 Å². The molecule has 1 aliphatic rings. The van der Waals surface area contributed by atoms with E-state index in [0.717, 1.165) is 6.54 Å². The van der Waals surface area contributed by atoms with Crippen LogP contribution < -0.4 is 10.9 Å². The molecular formula is C11H16N4O. The highest BCUT2D eigenvalue weighted by Gasteiger charge is 2.14. The maximum absolute atomic E-state index is 11.6. The Morgan fingerprint density at radius 2 is 2.00 bits per heavy atom. The van der Waals surface area contributed by atoms with E-state index in [2.05, 4.69) is 20.8 Å². The van der Waals surface area contributed by atoms with Crippen LogP contribution in [0.4, 0.5) is 0 Å². The number of carbonyl (C=O) groups excluding carboxylic acids is 1. The molecule has 1 fully saturated rings. The Kier molecular flexibility index (Phi) is 3.82. The normalized spacial score (nSPS) is 16.2. The Bertz CT molecular complexity index is 335. The van der Waals surface area contributed by atoms with E-state index in [1.807, 2.05) is 0 Å². The molecule has 0 aromatic carbocycles. The number of rotatable bonds is 4. The van der Waals surface area contributed by atoms with Gasteiger partial charge in [-0.1, -0.05) is 12.8 Å². The summed E-state index contributed by atoms with van der Waals surface area (Å²) in [7, 11) is 0. The summed E-state index contributed by atoms with van der Waals surface area (Å²) in [4.78, 5) is 19.1. The van der Waals surface area contributed by atoms with Gasteiger partial charge in [0.2, 0.25) is 0 Å². The summed E-state index contributed by atoms with van der Waals surface area (Å²) in [6, 6.07) is 0. The third-order valence-corrected chi connectivity index (χ3v) is 2.89. The summed E-state index contributed by atoms with van der Waals surface area (Å²) in [6.07, 6.45) is 9.55. The van der Waals surface area contributed by atoms with Crippen molar-refractivity contribution in [2.24, 2.45) is 5.92 Å². The first-order valence-corrected chi connectivity index (χ1v) is 5.64. The van der Waals surface area contributed by atoms with Gasteiger partial charge in [0, 0.05) is 18.9 Å². The lowest BCUT2D eigenvalue weighted by atomic mass is 10.1. The average molecular weight is 220 g/mol. The highest BCUT2D eigenvalue weighted by atomic mass is 16.2. The minimum absolute atomic E-state index is 0.182. The number of hydrazine groups is 1. The fraction of sp³-hybridized carbons (Fsp3) is 0.545. The Morgan fingerprint density at radius 3 is 2.69 bits per heavy atom. The molecule has 0 aliphatic heterocycles. The summed E-state index contributed by atoms with van der Waals surface area (Å²) in [5.41, 5.74) is 6.10. The predicted octanol–water partition coefficient (Wildman–Crippen LogP) is 0.901. The van der Waals surface area contributed by atoms with E-state index in [4.69, 9.17) is 0 Å². The number of nitrogens with one attached hydrogen (secondary N) is 2. The summed E-state index contributed by atoms with van der Waals surface area (Å²) < 4.78 is 0. The van der Waals surface area contributed by atoms with Crippen LogP contribution in [0.3, 0.4) is 0 Å². The van der Waals surface area contributed by atoms with Gasteiger partial charge in [0.05, 0.1) is 5.56 Å². The van der Waals surface area contributed by atoms with Gasteiger partial charge in [-0.15, -0.1) is 0 Å². The third kappa shape index (κ3) is 3.00. The minimum atomic E-state index is -0.182. The van der Waals surface area contributed by atoms with E-state index in [1.54, 1.807) is 0 Å². The number of aromatic nitrogens is 2. The molecule has 1 aliphatic carbocycles. The van der Waals surface area contributed by atoms with Crippen LogP contribution in [0.1, 0.15) is 36.0 Å². The van der Waals surface area contributed by atoms with Crippen LogP contribution >= 0.6 is 0 Å². The fourth-order valence-electron chi connectivity index (χ4n) is 1.98. The molecule has 2 N–H and O–H groups in total. The van der Waals surface area contributed by atoms with Crippen molar-refractivity contribution in [1.29, 1.82) is 0 Å². The molecule has 2 rings (SSSR count). The standard InChI is InChI=1S/C11H16N4O/c16-11(10-6-12-8-13-7-10)15-14-5-9-3-1-2-4-9/h6-9,14H,1-5H2,(H,15,16). The van der Waals surface area contributed by atoms with Crippen molar-refractivity contribution in [3.8, 4) is 0 Å². The lowest BCUT2D eigenvalue weighted by Crippen LogP contribution is -2.39. The first-order valence-electron chi connectivity index (χ1n) is 5.64. The second kappa shape index (κ2) is 5.55. The number of carbonyl (C=O) groups is 1. The third-order valence-electron chi connectivity index (χ3n) is 2.89. The summed E-state index contributed by atoms with van der Waals surface area (Å²) >= 11 is 0. The lowest BCUT2D eigenvalue weighted by Gasteiger charge is -2.11. The second-order valence-electron chi connectivity index (χ2n) is 4.11. The van der Waals surface area contributed by atoms with E-state index in [9.17, 15) is 4.79 Å². The first kappa shape index (κ1) is 11.0. The largest absolute Gasteiger partial charge is 0.287 e. The van der Waals surface area contributed by atoms with Crippen molar-refractivity contribution >= 4 is 5.91 Å². The van der Waals surface area contributed by atoms with E-state index in [1.165, 1.54) is 44.4 Å². The van der Waals surface area contributed by atoms with Crippen LogP contribution in [-0.4, -0.2) is 22.4 Å². The predicted molar refractivity (Wildman–Crippen MR) is 59.5 cm³/mol. The molecule has 0 spiro atoms. The van der Waals surface area contributed by atoms with Crippen molar-refractivity contribution in [3.63, 3.8) is 0 Å². The van der Waals surface area contributed by atoms with Crippen LogP contribution in [0, 0.1) is 5.92 Å². The molecule has 1 aromatic rings. The summed E-state index contributed by atoms with van der Waals surface area (Å²) in [5.74, 6) is 0.519. The van der Waals surface area contributed by atoms with Crippen LogP contribution in [0.15, 0.2) is 18.7 Å². The molecule has 0 bridgehead atoms. The molecule has 0 atom stereocenters. The average Bonchev–Trinajstić information content (AvgIpc) is 2.83. The summed E-state index contributed by atoms with van der Waals surface area (Å²) in [6.45, 7) is 0.847. The van der Waals surface area contributed by atoms with Gasteiger partial charge in [-0.05, 0) is 18.8 Å². The molecule has 86 valence electrons. The molecule has 1 aromatic heterocycles. The Balaban J connectivity index is 1.71. The monoisotopic (exact) mass is 220 g/mol. The highest BCUT2D eigenvalue weighted by Crippen LogP contribution is 2.23. The van der Waals surface area contributed by atoms with Gasteiger partial charge in [0.25, 0.3) is 5.91 Å². The zero-order valence-corrected chi connectivity index (χ0v) is 9.15. The topological polar surface area (TPSA) is 66.9 Å². The first-order chi connectivity index (χ1) is 7.86. The van der Waals surface area contributed by atoms with Crippen LogP contribution in [0.25, 0.3) is 0 Å². The SMILES string of the molecule is O=C(NNCC1CCCC1)c1cncnc1. The molecule has 1 saturated carbocycles. The Labute approximate surface area is 94.7 Å². The van der Waals surface area contributed by atoms with Gasteiger partial charge in [0.1, 0.15) is 6.33 Å². The van der Waals surface area contributed by atoms with Crippen molar-refractivity contribution in [3.05, 3.63) is 24.3 Å². The van der Waals surface area contributed by atoms with Crippen LogP contribution in [-0.2, 0) is 0 Å². The van der Waals surface area contributed by atoms with E-state index >= 15 is 0 Å².